The molecule has 11 heteroatoms. The number of aromatic nitrogens is 3. The SMILES string of the molecule is CC(C)COc1cc(-c2ccc(C(=O)NS(=O)(=O)c3cccc(N)n3)c(N3CC(C)CC3(C)C)n2)ccn1.[HH].[HH]. The molecule has 3 N–H and O–H groups in total. The lowest BCUT2D eigenvalue weighted by Gasteiger charge is -2.34. The number of pyridine rings is 3. The quantitative estimate of drug-likeness (QED) is 0.424. The Morgan fingerprint density at radius 2 is 2.00 bits per heavy atom. The molecule has 0 aromatic carbocycles. The normalized spacial score (nSPS) is 17.0. The highest BCUT2D eigenvalue weighted by atomic mass is 32.2. The van der Waals surface area contributed by atoms with Crippen molar-refractivity contribution in [3.63, 3.8) is 0 Å². The van der Waals surface area contributed by atoms with Gasteiger partial charge in [0.25, 0.3) is 15.9 Å². The fraction of sp³-hybridized carbons (Fsp3) is 0.407. The number of rotatable bonds is 8. The van der Waals surface area contributed by atoms with Crippen LogP contribution in [0.5, 0.6) is 5.88 Å². The summed E-state index contributed by atoms with van der Waals surface area (Å²) in [5.41, 5.74) is 6.88. The number of amides is 1. The molecule has 3 aromatic rings. The number of nitrogen functional groups attached to an aromatic ring is 1. The van der Waals surface area contributed by atoms with Crippen LogP contribution in [0.15, 0.2) is 53.7 Å². The molecule has 3 aromatic heterocycles. The molecular weight excluding hydrogens is 504 g/mol. The van der Waals surface area contributed by atoms with Gasteiger partial charge in [-0.1, -0.05) is 26.8 Å². The van der Waals surface area contributed by atoms with E-state index in [1.54, 1.807) is 18.3 Å². The first-order chi connectivity index (χ1) is 17.9. The summed E-state index contributed by atoms with van der Waals surface area (Å²) in [6.07, 6.45) is 2.55. The summed E-state index contributed by atoms with van der Waals surface area (Å²) < 4.78 is 33.7. The maximum absolute atomic E-state index is 13.4. The van der Waals surface area contributed by atoms with Crippen LogP contribution in [0.1, 0.15) is 54.3 Å². The molecule has 1 aliphatic heterocycles. The number of nitrogens with two attached hydrogens (primary N) is 1. The van der Waals surface area contributed by atoms with Crippen LogP contribution in [0, 0.1) is 11.8 Å². The standard InChI is InChI=1S/C27H34N6O4S.2H2/c1-17(2)16-37-23-13-19(11-12-29-23)21-10-9-20(25(30-21)33-15-18(3)14-27(33,4)5)26(34)32-38(35,36)24-8-6-7-22(28)31-24;;/h6-13,17-18H,14-16H2,1-5H3,(H2,28,31)(H,32,34);2*1H. The van der Waals surface area contributed by atoms with Crippen molar-refractivity contribution < 1.29 is 20.8 Å². The van der Waals surface area contributed by atoms with Gasteiger partial charge in [-0.05, 0) is 62.4 Å². The predicted octanol–water partition coefficient (Wildman–Crippen LogP) is 4.39. The van der Waals surface area contributed by atoms with Crippen molar-refractivity contribution in [2.75, 3.05) is 23.8 Å². The summed E-state index contributed by atoms with van der Waals surface area (Å²) >= 11 is 0. The van der Waals surface area contributed by atoms with Crippen molar-refractivity contribution in [2.24, 2.45) is 11.8 Å². The number of ether oxygens (including phenoxy) is 1. The van der Waals surface area contributed by atoms with Gasteiger partial charge in [0.15, 0.2) is 5.03 Å². The maximum atomic E-state index is 13.4. The second-order valence-electron chi connectivity index (χ2n) is 10.7. The van der Waals surface area contributed by atoms with Crippen molar-refractivity contribution in [1.29, 1.82) is 0 Å². The zero-order valence-corrected chi connectivity index (χ0v) is 23.1. The Balaban J connectivity index is 0.00000280. The van der Waals surface area contributed by atoms with Gasteiger partial charge < -0.3 is 15.4 Å². The molecule has 0 spiro atoms. The van der Waals surface area contributed by atoms with E-state index in [1.165, 1.54) is 18.2 Å². The molecular formula is C27H38N6O4S. The number of hydrogen-bond donors (Lipinski definition) is 2. The van der Waals surface area contributed by atoms with Gasteiger partial charge in [-0.15, -0.1) is 0 Å². The third kappa shape index (κ3) is 6.04. The molecule has 0 saturated carbocycles. The van der Waals surface area contributed by atoms with Crippen LogP contribution in [0.2, 0.25) is 0 Å². The zero-order valence-electron chi connectivity index (χ0n) is 22.3. The first-order valence-electron chi connectivity index (χ1n) is 12.5. The van der Waals surface area contributed by atoms with Crippen LogP contribution < -0.4 is 20.1 Å². The Kier molecular flexibility index (Phi) is 7.59. The van der Waals surface area contributed by atoms with E-state index in [-0.39, 0.29) is 24.8 Å². The molecule has 206 valence electrons. The van der Waals surface area contributed by atoms with Gasteiger partial charge in [0.1, 0.15) is 11.6 Å². The lowest BCUT2D eigenvalue weighted by Crippen LogP contribution is -2.41. The third-order valence-electron chi connectivity index (χ3n) is 6.29. The van der Waals surface area contributed by atoms with Gasteiger partial charge in [-0.2, -0.15) is 8.42 Å². The largest absolute Gasteiger partial charge is 0.477 e. The fourth-order valence-corrected chi connectivity index (χ4v) is 5.60. The molecule has 4 rings (SSSR count). The number of nitrogens with zero attached hydrogens (tertiary/aromatic N) is 4. The van der Waals surface area contributed by atoms with Crippen molar-refractivity contribution in [2.45, 2.75) is 51.6 Å². The topological polar surface area (TPSA) is 140 Å². The Labute approximate surface area is 226 Å². The lowest BCUT2D eigenvalue weighted by molar-refractivity contribution is 0.0981. The molecule has 4 heterocycles. The average molecular weight is 543 g/mol. The number of nitrogens with one attached hydrogen (secondary N) is 1. The molecule has 1 aliphatic rings. The van der Waals surface area contributed by atoms with E-state index in [0.29, 0.717) is 42.4 Å². The van der Waals surface area contributed by atoms with E-state index in [0.717, 1.165) is 12.0 Å². The molecule has 0 radical (unpaired) electrons. The average Bonchev–Trinajstić information content (AvgIpc) is 3.13. The smallest absolute Gasteiger partial charge is 0.281 e. The number of anilines is 2. The molecule has 1 unspecified atom stereocenters. The molecule has 0 bridgehead atoms. The van der Waals surface area contributed by atoms with Gasteiger partial charge in [-0.25, -0.2) is 19.7 Å². The highest BCUT2D eigenvalue weighted by Gasteiger charge is 2.39. The van der Waals surface area contributed by atoms with Crippen LogP contribution in [0.4, 0.5) is 11.6 Å². The van der Waals surface area contributed by atoms with E-state index in [4.69, 9.17) is 15.5 Å². The number of sulfonamides is 1. The fourth-order valence-electron chi connectivity index (χ4n) is 4.66. The summed E-state index contributed by atoms with van der Waals surface area (Å²) in [5.74, 6) is 0.844. The predicted molar refractivity (Wildman–Crippen MR) is 151 cm³/mol. The number of carbonyl (C=O) groups excluding carboxylic acids is 1. The summed E-state index contributed by atoms with van der Waals surface area (Å²) in [4.78, 5) is 28.5. The number of hydrogen-bond acceptors (Lipinski definition) is 9. The van der Waals surface area contributed by atoms with E-state index in [9.17, 15) is 13.2 Å². The monoisotopic (exact) mass is 542 g/mol. The van der Waals surface area contributed by atoms with Gasteiger partial charge in [0, 0.05) is 32.8 Å². The summed E-state index contributed by atoms with van der Waals surface area (Å²) in [5, 5.41) is -0.335. The number of carbonyl (C=O) groups is 1. The first-order valence-corrected chi connectivity index (χ1v) is 14.0. The van der Waals surface area contributed by atoms with Gasteiger partial charge in [0.2, 0.25) is 5.88 Å². The minimum Gasteiger partial charge on any atom is -0.477 e. The molecule has 0 aliphatic carbocycles. The Hall–Kier alpha value is -3.73. The van der Waals surface area contributed by atoms with Gasteiger partial charge in [-0.3, -0.25) is 4.79 Å². The summed E-state index contributed by atoms with van der Waals surface area (Å²) in [6.45, 7) is 11.6. The van der Waals surface area contributed by atoms with Crippen LogP contribution in [0.3, 0.4) is 0 Å². The van der Waals surface area contributed by atoms with Gasteiger partial charge in [0.05, 0.1) is 17.9 Å². The van der Waals surface area contributed by atoms with Crippen molar-refractivity contribution in [1.82, 2.24) is 19.7 Å². The maximum Gasteiger partial charge on any atom is 0.281 e. The Bertz CT molecular complexity index is 1450. The Morgan fingerprint density at radius 3 is 2.66 bits per heavy atom. The van der Waals surface area contributed by atoms with Crippen LogP contribution >= 0.6 is 0 Å². The van der Waals surface area contributed by atoms with Crippen LogP contribution in [-0.2, 0) is 10.0 Å². The summed E-state index contributed by atoms with van der Waals surface area (Å²) in [7, 11) is -4.25. The molecule has 10 nitrogen and oxygen atoms in total. The van der Waals surface area contributed by atoms with E-state index in [1.807, 2.05) is 12.1 Å². The minimum atomic E-state index is -4.25. The minimum absolute atomic E-state index is 0. The van der Waals surface area contributed by atoms with E-state index >= 15 is 0 Å². The van der Waals surface area contributed by atoms with Gasteiger partial charge >= 0.3 is 0 Å². The van der Waals surface area contributed by atoms with Crippen molar-refractivity contribution in [3.05, 3.63) is 54.2 Å². The highest BCUT2D eigenvalue weighted by Crippen LogP contribution is 2.38. The first kappa shape index (κ1) is 27.3. The van der Waals surface area contributed by atoms with E-state index < -0.39 is 15.9 Å². The highest BCUT2D eigenvalue weighted by molar-refractivity contribution is 7.90. The molecule has 1 amide bonds. The van der Waals surface area contributed by atoms with Crippen molar-refractivity contribution in [3.8, 4) is 17.1 Å². The molecule has 1 saturated heterocycles. The molecule has 38 heavy (non-hydrogen) atoms. The van der Waals surface area contributed by atoms with Crippen LogP contribution in [-0.4, -0.2) is 48.0 Å². The zero-order chi connectivity index (χ0) is 27.7. The molecule has 1 atom stereocenters. The summed E-state index contributed by atoms with van der Waals surface area (Å²) in [6, 6.07) is 11.1. The van der Waals surface area contributed by atoms with Crippen molar-refractivity contribution >= 4 is 27.6 Å². The third-order valence-corrected chi connectivity index (χ3v) is 7.52. The van der Waals surface area contributed by atoms with Crippen LogP contribution in [0.25, 0.3) is 11.3 Å². The lowest BCUT2D eigenvalue weighted by atomic mass is 9.97. The second kappa shape index (κ2) is 10.6. The Morgan fingerprint density at radius 1 is 1.24 bits per heavy atom. The second-order valence-corrected chi connectivity index (χ2v) is 12.4. The molecule has 1 fully saturated rings. The van der Waals surface area contributed by atoms with E-state index in [2.05, 4.69) is 54.2 Å².